The molecule has 10 heteroatoms. The average Bonchev–Trinajstić information content (AvgIpc) is 2.88. The molecule has 8 nitrogen and oxygen atoms in total. The van der Waals surface area contributed by atoms with Gasteiger partial charge in [0.2, 0.25) is 11.8 Å². The fourth-order valence-electron chi connectivity index (χ4n) is 5.88. The van der Waals surface area contributed by atoms with E-state index < -0.39 is 24.2 Å². The van der Waals surface area contributed by atoms with Crippen LogP contribution in [0.25, 0.3) is 0 Å². The fourth-order valence-corrected chi connectivity index (χ4v) is 5.88. The molecule has 4 aliphatic rings. The van der Waals surface area contributed by atoms with Gasteiger partial charge in [-0.15, -0.1) is 0 Å². The van der Waals surface area contributed by atoms with E-state index in [9.17, 15) is 23.5 Å². The molecule has 1 aromatic rings. The zero-order valence-corrected chi connectivity index (χ0v) is 20.4. The number of rotatable bonds is 1. The van der Waals surface area contributed by atoms with Gasteiger partial charge in [-0.3, -0.25) is 14.5 Å². The minimum atomic E-state index is -2.63. The van der Waals surface area contributed by atoms with E-state index in [4.69, 9.17) is 9.47 Å². The number of amides is 2. The monoisotopic (exact) mass is 507 g/mol. The molecule has 1 saturated carbocycles. The Morgan fingerprint density at radius 3 is 2.61 bits per heavy atom. The predicted octanol–water partition coefficient (Wildman–Crippen LogP) is 2.20. The molecule has 1 aromatic carbocycles. The van der Waals surface area contributed by atoms with Gasteiger partial charge >= 0.3 is 0 Å². The molecule has 2 amide bonds. The SMILES string of the molecule is O=C1NC[C@H]2O[C@H](CCOc3ccccc3C(=O)N3CCN(C4CCC(F)(F)CC4)C[C@@H]13)CC[C@@H]2O. The van der Waals surface area contributed by atoms with Crippen LogP contribution >= 0.6 is 0 Å². The van der Waals surface area contributed by atoms with E-state index in [1.807, 2.05) is 0 Å². The molecular weight excluding hydrogens is 472 g/mol. The highest BCUT2D eigenvalue weighted by Crippen LogP contribution is 2.36. The van der Waals surface area contributed by atoms with E-state index in [-0.39, 0.29) is 49.9 Å². The number of para-hydroxylation sites is 1. The van der Waals surface area contributed by atoms with Crippen LogP contribution in [0.15, 0.2) is 24.3 Å². The predicted molar refractivity (Wildman–Crippen MR) is 127 cm³/mol. The molecule has 3 fully saturated rings. The topological polar surface area (TPSA) is 91.3 Å². The first kappa shape index (κ1) is 25.4. The summed E-state index contributed by atoms with van der Waals surface area (Å²) in [5.74, 6) is -2.78. The highest BCUT2D eigenvalue weighted by atomic mass is 19.3. The second-order valence-electron chi connectivity index (χ2n) is 10.4. The second-order valence-corrected chi connectivity index (χ2v) is 10.4. The number of aliphatic hydroxyl groups excluding tert-OH is 1. The van der Waals surface area contributed by atoms with E-state index in [0.717, 1.165) is 0 Å². The Bertz CT molecular complexity index is 953. The number of piperazine rings is 1. The van der Waals surface area contributed by atoms with Crippen molar-refractivity contribution in [2.75, 3.05) is 32.8 Å². The molecule has 4 atom stereocenters. The van der Waals surface area contributed by atoms with Gasteiger partial charge in [0.15, 0.2) is 0 Å². The lowest BCUT2D eigenvalue weighted by Crippen LogP contribution is -2.63. The lowest BCUT2D eigenvalue weighted by Gasteiger charge is -2.45. The zero-order valence-electron chi connectivity index (χ0n) is 20.4. The molecule has 2 N–H and O–H groups in total. The van der Waals surface area contributed by atoms with Crippen molar-refractivity contribution in [2.45, 2.75) is 81.3 Å². The van der Waals surface area contributed by atoms with Crippen molar-refractivity contribution in [1.82, 2.24) is 15.1 Å². The van der Waals surface area contributed by atoms with Crippen LogP contribution in [0, 0.1) is 0 Å². The number of benzene rings is 1. The molecule has 0 aromatic heterocycles. The van der Waals surface area contributed by atoms with Gasteiger partial charge in [-0.2, -0.15) is 0 Å². The van der Waals surface area contributed by atoms with Crippen LogP contribution in [-0.4, -0.2) is 95.8 Å². The number of aliphatic hydroxyl groups is 1. The van der Waals surface area contributed by atoms with E-state index in [1.165, 1.54) is 0 Å². The first-order chi connectivity index (χ1) is 17.3. The van der Waals surface area contributed by atoms with Gasteiger partial charge in [-0.05, 0) is 37.8 Å². The van der Waals surface area contributed by atoms with Crippen LogP contribution in [0.4, 0.5) is 8.78 Å². The van der Waals surface area contributed by atoms with Crippen molar-refractivity contribution < 1.29 is 33.0 Å². The first-order valence-corrected chi connectivity index (χ1v) is 13.1. The molecule has 3 aliphatic heterocycles. The summed E-state index contributed by atoms with van der Waals surface area (Å²) in [6.07, 6.45) is 0.997. The van der Waals surface area contributed by atoms with Crippen molar-refractivity contribution in [3.8, 4) is 5.75 Å². The summed E-state index contributed by atoms with van der Waals surface area (Å²) in [4.78, 5) is 30.8. The summed E-state index contributed by atoms with van der Waals surface area (Å²) in [7, 11) is 0. The summed E-state index contributed by atoms with van der Waals surface area (Å²) >= 11 is 0. The Hall–Kier alpha value is -2.30. The third kappa shape index (κ3) is 5.50. The number of hydrogen-bond donors (Lipinski definition) is 2. The van der Waals surface area contributed by atoms with Gasteiger partial charge < -0.3 is 24.8 Å². The summed E-state index contributed by atoms with van der Waals surface area (Å²) in [5, 5.41) is 13.3. The standard InChI is InChI=1S/C26H35F2N3O5/c27-26(28)10-7-17(8-11-26)30-12-13-31-20(16-30)24(33)29-15-23-21(32)6-5-18(36-23)9-14-35-22-4-2-1-3-19(22)25(31)34/h1-4,17-18,20-21,23,32H,5-16H2,(H,29,33)/t18-,20-,21-,23+/m0/s1. The lowest BCUT2D eigenvalue weighted by molar-refractivity contribution is -0.136. The Labute approximate surface area is 209 Å². The van der Waals surface area contributed by atoms with Gasteiger partial charge in [0, 0.05) is 51.5 Å². The van der Waals surface area contributed by atoms with E-state index in [1.54, 1.807) is 29.2 Å². The molecule has 5 rings (SSSR count). The Morgan fingerprint density at radius 2 is 1.81 bits per heavy atom. The Kier molecular flexibility index (Phi) is 7.46. The number of halogens is 2. The largest absolute Gasteiger partial charge is 0.493 e. The summed E-state index contributed by atoms with van der Waals surface area (Å²) in [5.41, 5.74) is 0.399. The highest BCUT2D eigenvalue weighted by Gasteiger charge is 2.42. The van der Waals surface area contributed by atoms with Crippen LogP contribution in [0.2, 0.25) is 0 Å². The highest BCUT2D eigenvalue weighted by molar-refractivity contribution is 6.00. The minimum Gasteiger partial charge on any atom is -0.493 e. The molecule has 198 valence electrons. The number of ether oxygens (including phenoxy) is 2. The number of carbonyl (C=O) groups is 2. The van der Waals surface area contributed by atoms with E-state index >= 15 is 0 Å². The lowest BCUT2D eigenvalue weighted by atomic mass is 9.90. The van der Waals surface area contributed by atoms with Gasteiger partial charge in [0.25, 0.3) is 5.91 Å². The fraction of sp³-hybridized carbons (Fsp3) is 0.692. The molecule has 3 heterocycles. The van der Waals surface area contributed by atoms with Gasteiger partial charge in [-0.25, -0.2) is 8.78 Å². The van der Waals surface area contributed by atoms with E-state index in [2.05, 4.69) is 10.2 Å². The quantitative estimate of drug-likeness (QED) is 0.606. The van der Waals surface area contributed by atoms with Crippen molar-refractivity contribution in [3.05, 3.63) is 29.8 Å². The van der Waals surface area contributed by atoms with Gasteiger partial charge in [0.05, 0.1) is 24.4 Å². The summed E-state index contributed by atoms with van der Waals surface area (Å²) in [6.45, 7) is 1.60. The third-order valence-electron chi connectivity index (χ3n) is 8.05. The molecule has 0 spiro atoms. The normalized spacial score (nSPS) is 32.5. The Morgan fingerprint density at radius 1 is 1.03 bits per heavy atom. The van der Waals surface area contributed by atoms with Crippen LogP contribution in [0.5, 0.6) is 5.75 Å². The molecule has 0 radical (unpaired) electrons. The van der Waals surface area contributed by atoms with Crippen molar-refractivity contribution in [2.24, 2.45) is 0 Å². The zero-order chi connectivity index (χ0) is 25.3. The molecule has 2 saturated heterocycles. The maximum atomic E-state index is 13.7. The van der Waals surface area contributed by atoms with E-state index in [0.29, 0.717) is 63.1 Å². The van der Waals surface area contributed by atoms with Crippen molar-refractivity contribution in [1.29, 1.82) is 0 Å². The summed E-state index contributed by atoms with van der Waals surface area (Å²) in [6, 6.07) is 6.20. The number of nitrogens with one attached hydrogen (secondary N) is 1. The van der Waals surface area contributed by atoms with Crippen molar-refractivity contribution >= 4 is 11.8 Å². The summed E-state index contributed by atoms with van der Waals surface area (Å²) < 4.78 is 39.5. The van der Waals surface area contributed by atoms with Crippen LogP contribution in [0.1, 0.15) is 55.3 Å². The maximum absolute atomic E-state index is 13.7. The molecule has 2 bridgehead atoms. The first-order valence-electron chi connectivity index (χ1n) is 13.1. The Balaban J connectivity index is 1.40. The van der Waals surface area contributed by atoms with Gasteiger partial charge in [0.1, 0.15) is 17.9 Å². The second kappa shape index (κ2) is 10.6. The van der Waals surface area contributed by atoms with Crippen LogP contribution in [-0.2, 0) is 9.53 Å². The van der Waals surface area contributed by atoms with Crippen molar-refractivity contribution in [3.63, 3.8) is 0 Å². The maximum Gasteiger partial charge on any atom is 0.258 e. The average molecular weight is 508 g/mol. The molecular formula is C26H35F2N3O5. The number of fused-ring (bicyclic) bond motifs is 4. The number of nitrogens with zero attached hydrogens (tertiary/aromatic N) is 2. The molecule has 0 unspecified atom stereocenters. The van der Waals surface area contributed by atoms with Crippen LogP contribution in [0.3, 0.4) is 0 Å². The smallest absolute Gasteiger partial charge is 0.258 e. The molecule has 1 aliphatic carbocycles. The minimum absolute atomic E-state index is 0.0392. The van der Waals surface area contributed by atoms with Crippen LogP contribution < -0.4 is 10.1 Å². The van der Waals surface area contributed by atoms with Gasteiger partial charge in [-0.1, -0.05) is 12.1 Å². The number of carbonyl (C=O) groups excluding carboxylic acids is 2. The third-order valence-corrected chi connectivity index (χ3v) is 8.05. The number of alkyl halides is 2. The molecule has 36 heavy (non-hydrogen) atoms. The number of hydrogen-bond acceptors (Lipinski definition) is 6.